The zero-order valence-corrected chi connectivity index (χ0v) is 24.6. The molecule has 2 N–H and O–H groups in total. The van der Waals surface area contributed by atoms with E-state index in [0.29, 0.717) is 39.6 Å². The van der Waals surface area contributed by atoms with Crippen molar-refractivity contribution in [2.75, 3.05) is 23.9 Å². The van der Waals surface area contributed by atoms with Crippen LogP contribution in [-0.4, -0.2) is 32.7 Å². The normalized spacial score (nSPS) is 14.5. The molecule has 0 aliphatic heterocycles. The van der Waals surface area contributed by atoms with Gasteiger partial charge >= 0.3 is 0 Å². The van der Waals surface area contributed by atoms with Gasteiger partial charge in [-0.3, -0.25) is 4.21 Å². The quantitative estimate of drug-likeness (QED) is 0.153. The van der Waals surface area contributed by atoms with E-state index in [0.717, 1.165) is 34.5 Å². The first kappa shape index (κ1) is 28.3. The van der Waals surface area contributed by atoms with E-state index in [1.54, 1.807) is 30.5 Å². The fraction of sp³-hybridized carbons (Fsp3) is 0.250. The number of nitrogens with zero attached hydrogens (tertiary/aromatic N) is 2. The number of nitrogens with one attached hydrogen (secondary N) is 2. The molecular weight excluding hydrogens is 575 g/mol. The van der Waals surface area contributed by atoms with E-state index < -0.39 is 10.8 Å². The third-order valence-corrected chi connectivity index (χ3v) is 8.22. The number of hydrogen-bond donors (Lipinski definition) is 2. The summed E-state index contributed by atoms with van der Waals surface area (Å²) in [6, 6.07) is 21.3. The summed E-state index contributed by atoms with van der Waals surface area (Å²) in [6.45, 7) is 1.11. The summed E-state index contributed by atoms with van der Waals surface area (Å²) in [5, 5.41) is 8.10. The van der Waals surface area contributed by atoms with Gasteiger partial charge in [0.15, 0.2) is 0 Å². The average molecular weight is 605 g/mol. The molecule has 6 rings (SSSR count). The van der Waals surface area contributed by atoms with Gasteiger partial charge in [-0.25, -0.2) is 14.4 Å². The molecule has 10 heteroatoms. The van der Waals surface area contributed by atoms with E-state index >= 15 is 0 Å². The van der Waals surface area contributed by atoms with Crippen LogP contribution >= 0.6 is 11.6 Å². The lowest BCUT2D eigenvalue weighted by atomic mass is 10.1. The molecule has 0 saturated heterocycles. The van der Waals surface area contributed by atoms with E-state index in [2.05, 4.69) is 20.6 Å². The van der Waals surface area contributed by atoms with E-state index in [4.69, 9.17) is 20.8 Å². The van der Waals surface area contributed by atoms with Gasteiger partial charge in [0.2, 0.25) is 0 Å². The van der Waals surface area contributed by atoms with E-state index in [-0.39, 0.29) is 18.5 Å². The summed E-state index contributed by atoms with van der Waals surface area (Å²) < 4.78 is 37.6. The Bertz CT molecular complexity index is 1740. The summed E-state index contributed by atoms with van der Waals surface area (Å²) in [5.74, 6) is 3.49. The third kappa shape index (κ3) is 6.98. The van der Waals surface area contributed by atoms with Crippen LogP contribution in [0.15, 0.2) is 83.5 Å². The van der Waals surface area contributed by atoms with Crippen molar-refractivity contribution in [2.45, 2.75) is 25.5 Å². The predicted octanol–water partition coefficient (Wildman–Crippen LogP) is 7.42. The molecular formula is C32H30ClFN4O3S. The maximum absolute atomic E-state index is 13.5. The summed E-state index contributed by atoms with van der Waals surface area (Å²) in [4.78, 5) is 8.90. The Morgan fingerprint density at radius 3 is 2.76 bits per heavy atom. The SMILES string of the molecule is CS(=O)C[C@@H](NCC1CC1)c1ccc(-c2ccc3ncnc(Nc4ccc(OCc5cccc(F)c5)c(Cl)c4)c3c2)o1. The van der Waals surface area contributed by atoms with Gasteiger partial charge in [0.1, 0.15) is 41.8 Å². The summed E-state index contributed by atoms with van der Waals surface area (Å²) in [6.07, 6.45) is 5.71. The molecule has 2 atom stereocenters. The Kier molecular flexibility index (Phi) is 8.51. The lowest BCUT2D eigenvalue weighted by Crippen LogP contribution is -2.27. The molecule has 0 spiro atoms. The molecule has 7 nitrogen and oxygen atoms in total. The average Bonchev–Trinajstić information content (AvgIpc) is 3.68. The Morgan fingerprint density at radius 2 is 1.98 bits per heavy atom. The van der Waals surface area contributed by atoms with Gasteiger partial charge in [-0.05, 0) is 91.5 Å². The van der Waals surface area contributed by atoms with Crippen molar-refractivity contribution < 1.29 is 17.8 Å². The van der Waals surface area contributed by atoms with Gasteiger partial charge in [-0.1, -0.05) is 23.7 Å². The lowest BCUT2D eigenvalue weighted by molar-refractivity contribution is 0.306. The Hall–Kier alpha value is -3.79. The molecule has 0 radical (unpaired) electrons. The molecule has 2 heterocycles. The number of furan rings is 1. The highest BCUT2D eigenvalue weighted by Gasteiger charge is 2.25. The highest BCUT2D eigenvalue weighted by Crippen LogP contribution is 2.34. The van der Waals surface area contributed by atoms with Gasteiger partial charge in [0.05, 0.1) is 16.6 Å². The zero-order valence-electron chi connectivity index (χ0n) is 23.0. The highest BCUT2D eigenvalue weighted by molar-refractivity contribution is 7.84. The van der Waals surface area contributed by atoms with Crippen LogP contribution in [0, 0.1) is 11.7 Å². The Labute approximate surface area is 250 Å². The fourth-order valence-electron chi connectivity index (χ4n) is 4.73. The van der Waals surface area contributed by atoms with Crippen LogP contribution in [0.25, 0.3) is 22.2 Å². The highest BCUT2D eigenvalue weighted by atomic mass is 35.5. The first-order chi connectivity index (χ1) is 20.4. The maximum atomic E-state index is 13.5. The summed E-state index contributed by atoms with van der Waals surface area (Å²) in [5.41, 5.74) is 3.09. The molecule has 42 heavy (non-hydrogen) atoms. The number of aromatic nitrogens is 2. The zero-order chi connectivity index (χ0) is 29.1. The van der Waals surface area contributed by atoms with Crippen molar-refractivity contribution in [3.8, 4) is 17.1 Å². The van der Waals surface area contributed by atoms with Crippen LogP contribution in [-0.2, 0) is 17.4 Å². The largest absolute Gasteiger partial charge is 0.487 e. The predicted molar refractivity (Wildman–Crippen MR) is 165 cm³/mol. The van der Waals surface area contributed by atoms with Crippen LogP contribution in [0.4, 0.5) is 15.9 Å². The van der Waals surface area contributed by atoms with Crippen LogP contribution in [0.2, 0.25) is 5.02 Å². The molecule has 1 unspecified atom stereocenters. The first-order valence-corrected chi connectivity index (χ1v) is 15.8. The number of rotatable bonds is 12. The second-order valence-electron chi connectivity index (χ2n) is 10.5. The Morgan fingerprint density at radius 1 is 1.10 bits per heavy atom. The smallest absolute Gasteiger partial charge is 0.141 e. The molecule has 0 bridgehead atoms. The minimum absolute atomic E-state index is 0.100. The first-order valence-electron chi connectivity index (χ1n) is 13.7. The van der Waals surface area contributed by atoms with Crippen molar-refractivity contribution in [3.05, 3.63) is 101 Å². The molecule has 5 aromatic rings. The fourth-order valence-corrected chi connectivity index (χ4v) is 5.72. The van der Waals surface area contributed by atoms with Crippen LogP contribution < -0.4 is 15.4 Å². The number of hydrogen-bond acceptors (Lipinski definition) is 7. The maximum Gasteiger partial charge on any atom is 0.141 e. The van der Waals surface area contributed by atoms with Crippen molar-refractivity contribution in [3.63, 3.8) is 0 Å². The second kappa shape index (κ2) is 12.6. The molecule has 1 aliphatic carbocycles. The number of ether oxygens (including phenoxy) is 1. The monoisotopic (exact) mass is 604 g/mol. The van der Waals surface area contributed by atoms with Crippen LogP contribution in [0.5, 0.6) is 5.75 Å². The standard InChI is InChI=1S/C32H30ClFN4O3S/c1-42(39)18-28(35-16-20-5-6-20)31-12-11-29(41-31)22-7-9-27-25(14-22)32(37-19-36-27)38-24-8-10-30(26(33)15-24)40-17-21-3-2-4-23(34)13-21/h2-4,7-15,19-20,28,35H,5-6,16-18H2,1H3,(H,36,37,38)/t28-,42?/m1/s1. The van der Waals surface area contributed by atoms with Gasteiger partial charge in [-0.2, -0.15) is 0 Å². The minimum atomic E-state index is -0.960. The van der Waals surface area contributed by atoms with Gasteiger partial charge < -0.3 is 19.8 Å². The second-order valence-corrected chi connectivity index (χ2v) is 12.4. The van der Waals surface area contributed by atoms with E-state index in [1.165, 1.54) is 31.3 Å². The van der Waals surface area contributed by atoms with E-state index in [9.17, 15) is 8.60 Å². The molecule has 1 saturated carbocycles. The molecule has 1 aliphatic rings. The van der Waals surface area contributed by atoms with E-state index in [1.807, 2.05) is 36.4 Å². The number of benzene rings is 3. The van der Waals surface area contributed by atoms with Gasteiger partial charge in [0.25, 0.3) is 0 Å². The number of halogens is 2. The number of fused-ring (bicyclic) bond motifs is 1. The number of anilines is 2. The van der Waals surface area contributed by atoms with Crippen molar-refractivity contribution in [2.24, 2.45) is 5.92 Å². The Balaban J connectivity index is 1.20. The van der Waals surface area contributed by atoms with Gasteiger partial charge in [0, 0.05) is 39.4 Å². The van der Waals surface area contributed by atoms with Crippen molar-refractivity contribution >= 4 is 44.8 Å². The molecule has 2 aromatic heterocycles. The molecule has 216 valence electrons. The molecule has 1 fully saturated rings. The minimum Gasteiger partial charge on any atom is -0.487 e. The lowest BCUT2D eigenvalue weighted by Gasteiger charge is -2.15. The summed E-state index contributed by atoms with van der Waals surface area (Å²) in [7, 11) is -0.960. The molecule has 3 aromatic carbocycles. The van der Waals surface area contributed by atoms with Crippen LogP contribution in [0.1, 0.15) is 30.2 Å². The third-order valence-electron chi connectivity index (χ3n) is 7.12. The van der Waals surface area contributed by atoms with Crippen molar-refractivity contribution in [1.82, 2.24) is 15.3 Å². The molecule has 0 amide bonds. The van der Waals surface area contributed by atoms with Crippen molar-refractivity contribution in [1.29, 1.82) is 0 Å². The summed E-state index contributed by atoms with van der Waals surface area (Å²) >= 11 is 6.51. The van der Waals surface area contributed by atoms with Gasteiger partial charge in [-0.15, -0.1) is 0 Å². The topological polar surface area (TPSA) is 89.3 Å². The van der Waals surface area contributed by atoms with Crippen LogP contribution in [0.3, 0.4) is 0 Å².